The molecule has 26 heavy (non-hydrogen) atoms. The van der Waals surface area contributed by atoms with E-state index in [0.29, 0.717) is 6.54 Å². The maximum absolute atomic E-state index is 12.8. The molecule has 0 bridgehead atoms. The Morgan fingerprint density at radius 3 is 2.31 bits per heavy atom. The van der Waals surface area contributed by atoms with Gasteiger partial charge in [-0.3, -0.25) is 9.59 Å². The molecule has 0 radical (unpaired) electrons. The summed E-state index contributed by atoms with van der Waals surface area (Å²) < 4.78 is 5.21. The van der Waals surface area contributed by atoms with Gasteiger partial charge in [0.15, 0.2) is 0 Å². The van der Waals surface area contributed by atoms with Crippen molar-refractivity contribution in [1.29, 1.82) is 0 Å². The molecule has 1 fully saturated rings. The van der Waals surface area contributed by atoms with Crippen LogP contribution in [0.15, 0.2) is 24.3 Å². The Morgan fingerprint density at radius 2 is 1.81 bits per heavy atom. The van der Waals surface area contributed by atoms with Crippen LogP contribution >= 0.6 is 0 Å². The highest BCUT2D eigenvalue weighted by molar-refractivity contribution is 5.87. The average Bonchev–Trinajstić information content (AvgIpc) is 3.14. The summed E-state index contributed by atoms with van der Waals surface area (Å²) in [7, 11) is 5.62. The van der Waals surface area contributed by atoms with Crippen molar-refractivity contribution >= 4 is 11.8 Å². The first-order valence-corrected chi connectivity index (χ1v) is 9.27. The highest BCUT2D eigenvalue weighted by atomic mass is 16.5. The number of carbonyl (C=O) groups is 2. The molecular formula is C20H31N3O3. The summed E-state index contributed by atoms with van der Waals surface area (Å²) in [5.74, 6) is 0.795. The van der Waals surface area contributed by atoms with Gasteiger partial charge in [0, 0.05) is 13.5 Å². The van der Waals surface area contributed by atoms with Crippen LogP contribution in [0.3, 0.4) is 0 Å². The summed E-state index contributed by atoms with van der Waals surface area (Å²) in [6, 6.07) is 7.48. The third-order valence-electron chi connectivity index (χ3n) is 5.11. The molecule has 2 amide bonds. The van der Waals surface area contributed by atoms with E-state index in [9.17, 15) is 9.59 Å². The van der Waals surface area contributed by atoms with Crippen molar-refractivity contribution in [1.82, 2.24) is 15.5 Å². The average molecular weight is 361 g/mol. The molecule has 1 saturated carbocycles. The molecule has 1 aliphatic carbocycles. The molecule has 6 heteroatoms. The van der Waals surface area contributed by atoms with E-state index < -0.39 is 6.04 Å². The first-order valence-electron chi connectivity index (χ1n) is 9.27. The highest BCUT2D eigenvalue weighted by Gasteiger charge is 2.31. The van der Waals surface area contributed by atoms with E-state index in [-0.39, 0.29) is 23.8 Å². The largest absolute Gasteiger partial charge is 0.497 e. The summed E-state index contributed by atoms with van der Waals surface area (Å²) in [4.78, 5) is 26.4. The number of ether oxygens (including phenoxy) is 1. The lowest BCUT2D eigenvalue weighted by Crippen LogP contribution is -2.51. The Kier molecular flexibility index (Phi) is 7.45. The summed E-state index contributed by atoms with van der Waals surface area (Å²) >= 11 is 0. The number of nitrogens with zero attached hydrogens (tertiary/aromatic N) is 1. The van der Waals surface area contributed by atoms with Crippen molar-refractivity contribution in [2.45, 2.75) is 44.7 Å². The zero-order valence-corrected chi connectivity index (χ0v) is 16.2. The molecule has 0 aromatic heterocycles. The van der Waals surface area contributed by atoms with E-state index in [1.54, 1.807) is 7.11 Å². The molecule has 0 spiro atoms. The smallest absolute Gasteiger partial charge is 0.242 e. The maximum atomic E-state index is 12.8. The molecule has 2 unspecified atom stereocenters. The minimum Gasteiger partial charge on any atom is -0.497 e. The third-order valence-corrected chi connectivity index (χ3v) is 5.11. The van der Waals surface area contributed by atoms with E-state index in [1.807, 2.05) is 38.4 Å². The molecule has 1 aromatic rings. The second-order valence-corrected chi connectivity index (χ2v) is 7.22. The number of benzene rings is 1. The topological polar surface area (TPSA) is 70.7 Å². The molecule has 0 saturated heterocycles. The maximum Gasteiger partial charge on any atom is 0.242 e. The monoisotopic (exact) mass is 361 g/mol. The summed E-state index contributed by atoms with van der Waals surface area (Å²) in [6.45, 7) is 1.95. The number of rotatable bonds is 8. The number of amides is 2. The van der Waals surface area contributed by atoms with E-state index in [2.05, 4.69) is 15.5 Å². The molecule has 6 nitrogen and oxygen atoms in total. The third kappa shape index (κ3) is 5.46. The molecule has 1 aliphatic rings. The normalized spacial score (nSPS) is 17.0. The standard InChI is InChI=1S/C20H31N3O3/c1-14(24)22-19(16-7-5-6-8-16)20(25)21-13-18(23(2)3)15-9-11-17(26-4)12-10-15/h9-12,16,18-19H,5-8,13H2,1-4H3,(H,21,25)(H,22,24). The van der Waals surface area contributed by atoms with Crippen molar-refractivity contribution in [2.24, 2.45) is 5.92 Å². The fourth-order valence-corrected chi connectivity index (χ4v) is 3.64. The Morgan fingerprint density at radius 1 is 1.19 bits per heavy atom. The molecule has 2 N–H and O–H groups in total. The summed E-state index contributed by atoms with van der Waals surface area (Å²) in [6.07, 6.45) is 4.24. The second kappa shape index (κ2) is 9.57. The lowest BCUT2D eigenvalue weighted by molar-refractivity contribution is -0.129. The van der Waals surface area contributed by atoms with Gasteiger partial charge in [-0.05, 0) is 50.6 Å². The van der Waals surface area contributed by atoms with Gasteiger partial charge in [0.05, 0.1) is 13.2 Å². The van der Waals surface area contributed by atoms with Gasteiger partial charge >= 0.3 is 0 Å². The van der Waals surface area contributed by atoms with Crippen LogP contribution in [0, 0.1) is 5.92 Å². The van der Waals surface area contributed by atoms with Gasteiger partial charge < -0.3 is 20.3 Å². The molecular weight excluding hydrogens is 330 g/mol. The molecule has 144 valence electrons. The van der Waals surface area contributed by atoms with Crippen LogP contribution in [-0.2, 0) is 9.59 Å². The fourth-order valence-electron chi connectivity index (χ4n) is 3.64. The van der Waals surface area contributed by atoms with Gasteiger partial charge in [0.2, 0.25) is 11.8 Å². The van der Waals surface area contributed by atoms with Crippen LogP contribution in [0.1, 0.15) is 44.2 Å². The van der Waals surface area contributed by atoms with Gasteiger partial charge in [-0.25, -0.2) is 0 Å². The number of methoxy groups -OCH3 is 1. The quantitative estimate of drug-likeness (QED) is 0.744. The zero-order valence-electron chi connectivity index (χ0n) is 16.2. The highest BCUT2D eigenvalue weighted by Crippen LogP contribution is 2.28. The van der Waals surface area contributed by atoms with E-state index in [4.69, 9.17) is 4.74 Å². The molecule has 2 rings (SSSR count). The molecule has 1 aromatic carbocycles. The van der Waals surface area contributed by atoms with E-state index in [1.165, 1.54) is 6.92 Å². The number of likely N-dealkylation sites (N-methyl/N-ethyl adjacent to an activating group) is 1. The Labute approximate surface area is 156 Å². The minimum absolute atomic E-state index is 0.0476. The van der Waals surface area contributed by atoms with Gasteiger partial charge in [-0.15, -0.1) is 0 Å². The van der Waals surface area contributed by atoms with Gasteiger partial charge in [0.25, 0.3) is 0 Å². The number of hydrogen-bond donors (Lipinski definition) is 2. The first kappa shape index (κ1) is 20.2. The summed E-state index contributed by atoms with van der Waals surface area (Å²) in [5, 5.41) is 5.90. The number of carbonyl (C=O) groups excluding carboxylic acids is 2. The lowest BCUT2D eigenvalue weighted by atomic mass is 9.97. The van der Waals surface area contributed by atoms with Crippen molar-refractivity contribution in [3.63, 3.8) is 0 Å². The van der Waals surface area contributed by atoms with Crippen molar-refractivity contribution in [3.8, 4) is 5.75 Å². The van der Waals surface area contributed by atoms with Crippen molar-refractivity contribution in [3.05, 3.63) is 29.8 Å². The number of nitrogens with one attached hydrogen (secondary N) is 2. The minimum atomic E-state index is -0.436. The zero-order chi connectivity index (χ0) is 19.1. The second-order valence-electron chi connectivity index (χ2n) is 7.22. The van der Waals surface area contributed by atoms with E-state index >= 15 is 0 Å². The Balaban J connectivity index is 2.03. The predicted molar refractivity (Wildman–Crippen MR) is 102 cm³/mol. The van der Waals surface area contributed by atoms with Crippen molar-refractivity contribution < 1.29 is 14.3 Å². The van der Waals surface area contributed by atoms with Crippen LogP contribution in [0.25, 0.3) is 0 Å². The summed E-state index contributed by atoms with van der Waals surface area (Å²) in [5.41, 5.74) is 1.10. The Bertz CT molecular complexity index is 595. The van der Waals surface area contributed by atoms with Crippen LogP contribution < -0.4 is 15.4 Å². The van der Waals surface area contributed by atoms with Gasteiger partial charge in [-0.2, -0.15) is 0 Å². The Hall–Kier alpha value is -2.08. The van der Waals surface area contributed by atoms with E-state index in [0.717, 1.165) is 37.0 Å². The molecule has 2 atom stereocenters. The predicted octanol–water partition coefficient (Wildman–Crippen LogP) is 2.11. The van der Waals surface area contributed by atoms with Crippen LogP contribution in [0.5, 0.6) is 5.75 Å². The molecule has 0 heterocycles. The first-order chi connectivity index (χ1) is 12.4. The van der Waals surface area contributed by atoms with Gasteiger partial charge in [-0.1, -0.05) is 25.0 Å². The van der Waals surface area contributed by atoms with Gasteiger partial charge in [0.1, 0.15) is 11.8 Å². The fraction of sp³-hybridized carbons (Fsp3) is 0.600. The van der Waals surface area contributed by atoms with Crippen LogP contribution in [0.2, 0.25) is 0 Å². The SMILES string of the molecule is COc1ccc(C(CNC(=O)C(NC(C)=O)C2CCCC2)N(C)C)cc1. The molecule has 0 aliphatic heterocycles. The van der Waals surface area contributed by atoms with Crippen LogP contribution in [0.4, 0.5) is 0 Å². The van der Waals surface area contributed by atoms with Crippen LogP contribution in [-0.4, -0.2) is 50.5 Å². The number of hydrogen-bond acceptors (Lipinski definition) is 4. The lowest BCUT2D eigenvalue weighted by Gasteiger charge is -2.28. The van der Waals surface area contributed by atoms with Crippen molar-refractivity contribution in [2.75, 3.05) is 27.7 Å².